The van der Waals surface area contributed by atoms with Crippen LogP contribution in [0.4, 0.5) is 0 Å². The second-order valence-corrected chi connectivity index (χ2v) is 4.90. The molecule has 3 heteroatoms. The van der Waals surface area contributed by atoms with Gasteiger partial charge in [-0.1, -0.05) is 42.5 Å². The Morgan fingerprint density at radius 1 is 0.850 bits per heavy atom. The first-order valence-electron chi connectivity index (χ1n) is 6.57. The van der Waals surface area contributed by atoms with Crippen LogP contribution in [0, 0.1) is 13.8 Å². The third kappa shape index (κ3) is 1.97. The van der Waals surface area contributed by atoms with Gasteiger partial charge in [-0.3, -0.25) is 0 Å². The second kappa shape index (κ2) is 4.85. The first kappa shape index (κ1) is 12.5. The molecule has 1 N–H and O–H groups in total. The smallest absolute Gasteiger partial charge is 0.222 e. The van der Waals surface area contributed by atoms with Crippen LogP contribution in [0.2, 0.25) is 0 Å². The summed E-state index contributed by atoms with van der Waals surface area (Å²) in [6.07, 6.45) is 1.71. The number of aryl methyl sites for hydroxylation is 2. The SMILES string of the molecule is Cc1ccccc1-c1cnn(-c2ccccc2C)c1O. The van der Waals surface area contributed by atoms with Crippen LogP contribution in [-0.2, 0) is 0 Å². The van der Waals surface area contributed by atoms with Crippen LogP contribution in [0.5, 0.6) is 5.88 Å². The van der Waals surface area contributed by atoms with Crippen LogP contribution in [0.25, 0.3) is 16.8 Å². The molecule has 0 atom stereocenters. The highest BCUT2D eigenvalue weighted by atomic mass is 16.3. The minimum atomic E-state index is 0.175. The number of hydrogen-bond donors (Lipinski definition) is 1. The van der Waals surface area contributed by atoms with Gasteiger partial charge in [0.2, 0.25) is 5.88 Å². The Labute approximate surface area is 118 Å². The molecule has 20 heavy (non-hydrogen) atoms. The standard InChI is InChI=1S/C17H16N2O/c1-12-7-3-5-9-14(12)15-11-18-19(17(15)20)16-10-6-4-8-13(16)2/h3-11,20H,1-2H3. The summed E-state index contributed by atoms with van der Waals surface area (Å²) >= 11 is 0. The van der Waals surface area contributed by atoms with Gasteiger partial charge in [0.05, 0.1) is 17.4 Å². The molecule has 0 unspecified atom stereocenters. The summed E-state index contributed by atoms with van der Waals surface area (Å²) < 4.78 is 1.58. The number of hydrogen-bond acceptors (Lipinski definition) is 2. The lowest BCUT2D eigenvalue weighted by Gasteiger charge is -2.08. The molecule has 100 valence electrons. The second-order valence-electron chi connectivity index (χ2n) is 4.90. The zero-order valence-corrected chi connectivity index (χ0v) is 11.5. The van der Waals surface area contributed by atoms with Gasteiger partial charge in [0.1, 0.15) is 0 Å². The van der Waals surface area contributed by atoms with Gasteiger partial charge in [-0.2, -0.15) is 5.10 Å². The van der Waals surface area contributed by atoms with Crippen molar-refractivity contribution in [1.82, 2.24) is 9.78 Å². The van der Waals surface area contributed by atoms with Gasteiger partial charge >= 0.3 is 0 Å². The van der Waals surface area contributed by atoms with Gasteiger partial charge in [-0.15, -0.1) is 0 Å². The molecule has 0 radical (unpaired) electrons. The molecule has 0 aliphatic carbocycles. The summed E-state index contributed by atoms with van der Waals surface area (Å²) in [7, 11) is 0. The molecule has 0 spiro atoms. The number of aromatic nitrogens is 2. The summed E-state index contributed by atoms with van der Waals surface area (Å²) in [5.74, 6) is 0.175. The maximum Gasteiger partial charge on any atom is 0.222 e. The fraction of sp³-hybridized carbons (Fsp3) is 0.118. The van der Waals surface area contributed by atoms with Gasteiger partial charge in [0, 0.05) is 0 Å². The highest BCUT2D eigenvalue weighted by molar-refractivity contribution is 5.71. The van der Waals surface area contributed by atoms with Crippen molar-refractivity contribution in [3.05, 3.63) is 65.9 Å². The summed E-state index contributed by atoms with van der Waals surface area (Å²) in [4.78, 5) is 0. The maximum atomic E-state index is 10.5. The molecular formula is C17H16N2O. The first-order chi connectivity index (χ1) is 9.68. The molecule has 0 saturated heterocycles. The Morgan fingerprint density at radius 2 is 1.50 bits per heavy atom. The zero-order chi connectivity index (χ0) is 14.1. The van der Waals surface area contributed by atoms with Crippen LogP contribution in [0.3, 0.4) is 0 Å². The van der Waals surface area contributed by atoms with E-state index in [1.165, 1.54) is 0 Å². The van der Waals surface area contributed by atoms with E-state index in [0.717, 1.165) is 27.9 Å². The Hall–Kier alpha value is -2.55. The van der Waals surface area contributed by atoms with E-state index in [-0.39, 0.29) is 5.88 Å². The Bertz CT molecular complexity index is 696. The van der Waals surface area contributed by atoms with Crippen molar-refractivity contribution < 1.29 is 5.11 Å². The van der Waals surface area contributed by atoms with Crippen LogP contribution in [-0.4, -0.2) is 14.9 Å². The van der Waals surface area contributed by atoms with Crippen molar-refractivity contribution in [3.8, 4) is 22.7 Å². The number of nitrogens with zero attached hydrogens (tertiary/aromatic N) is 2. The first-order valence-corrected chi connectivity index (χ1v) is 6.57. The van der Waals surface area contributed by atoms with E-state index in [9.17, 15) is 5.11 Å². The zero-order valence-electron chi connectivity index (χ0n) is 11.5. The summed E-state index contributed by atoms with van der Waals surface area (Å²) in [5, 5.41) is 14.8. The van der Waals surface area contributed by atoms with Crippen molar-refractivity contribution in [2.75, 3.05) is 0 Å². The molecule has 0 saturated carbocycles. The summed E-state index contributed by atoms with van der Waals surface area (Å²) in [6, 6.07) is 15.8. The topological polar surface area (TPSA) is 38.0 Å². The highest BCUT2D eigenvalue weighted by Crippen LogP contribution is 2.33. The molecule has 0 bridgehead atoms. The molecule has 3 aromatic rings. The fourth-order valence-corrected chi connectivity index (χ4v) is 2.38. The molecule has 2 aromatic carbocycles. The van der Waals surface area contributed by atoms with Gasteiger partial charge in [-0.05, 0) is 36.6 Å². The minimum Gasteiger partial charge on any atom is -0.493 e. The van der Waals surface area contributed by atoms with Gasteiger partial charge < -0.3 is 5.11 Å². The number of para-hydroxylation sites is 1. The van der Waals surface area contributed by atoms with E-state index in [4.69, 9.17) is 0 Å². The molecule has 0 aliphatic rings. The molecule has 3 rings (SSSR count). The molecule has 3 nitrogen and oxygen atoms in total. The van der Waals surface area contributed by atoms with Gasteiger partial charge in [0.25, 0.3) is 0 Å². The third-order valence-electron chi connectivity index (χ3n) is 3.52. The average Bonchev–Trinajstić information content (AvgIpc) is 2.82. The third-order valence-corrected chi connectivity index (χ3v) is 3.52. The molecule has 0 fully saturated rings. The maximum absolute atomic E-state index is 10.5. The van der Waals surface area contributed by atoms with Crippen molar-refractivity contribution in [2.45, 2.75) is 13.8 Å². The lowest BCUT2D eigenvalue weighted by Crippen LogP contribution is -1.97. The lowest BCUT2D eigenvalue weighted by atomic mass is 10.0. The van der Waals surface area contributed by atoms with E-state index in [1.54, 1.807) is 10.9 Å². The molecule has 1 heterocycles. The van der Waals surface area contributed by atoms with E-state index >= 15 is 0 Å². The van der Waals surface area contributed by atoms with Gasteiger partial charge in [-0.25, -0.2) is 4.68 Å². The monoisotopic (exact) mass is 264 g/mol. The van der Waals surface area contributed by atoms with Crippen LogP contribution in [0.1, 0.15) is 11.1 Å². The predicted molar refractivity (Wildman–Crippen MR) is 80.1 cm³/mol. The summed E-state index contributed by atoms with van der Waals surface area (Å²) in [5.41, 5.74) is 4.84. The Morgan fingerprint density at radius 3 is 2.20 bits per heavy atom. The number of benzene rings is 2. The lowest BCUT2D eigenvalue weighted by molar-refractivity contribution is 0.435. The Balaban J connectivity index is 2.15. The van der Waals surface area contributed by atoms with Crippen LogP contribution >= 0.6 is 0 Å². The van der Waals surface area contributed by atoms with Crippen LogP contribution < -0.4 is 0 Å². The molecule has 0 amide bonds. The number of aromatic hydroxyl groups is 1. The van der Waals surface area contributed by atoms with Crippen molar-refractivity contribution in [3.63, 3.8) is 0 Å². The van der Waals surface area contributed by atoms with E-state index in [2.05, 4.69) is 5.10 Å². The van der Waals surface area contributed by atoms with E-state index in [0.29, 0.717) is 0 Å². The minimum absolute atomic E-state index is 0.175. The van der Waals surface area contributed by atoms with E-state index in [1.807, 2.05) is 62.4 Å². The molecular weight excluding hydrogens is 248 g/mol. The largest absolute Gasteiger partial charge is 0.493 e. The van der Waals surface area contributed by atoms with Crippen molar-refractivity contribution in [1.29, 1.82) is 0 Å². The molecule has 1 aromatic heterocycles. The van der Waals surface area contributed by atoms with Crippen LogP contribution in [0.15, 0.2) is 54.7 Å². The van der Waals surface area contributed by atoms with E-state index < -0.39 is 0 Å². The van der Waals surface area contributed by atoms with Crippen molar-refractivity contribution in [2.24, 2.45) is 0 Å². The summed E-state index contributed by atoms with van der Waals surface area (Å²) in [6.45, 7) is 4.03. The highest BCUT2D eigenvalue weighted by Gasteiger charge is 2.14. The average molecular weight is 264 g/mol. The fourth-order valence-electron chi connectivity index (χ4n) is 2.38. The quantitative estimate of drug-likeness (QED) is 0.763. The van der Waals surface area contributed by atoms with Crippen molar-refractivity contribution >= 4 is 0 Å². The number of rotatable bonds is 2. The predicted octanol–water partition coefficient (Wildman–Crippen LogP) is 3.86. The molecule has 0 aliphatic heterocycles. The normalized spacial score (nSPS) is 10.7. The Kier molecular flexibility index (Phi) is 3.03. The van der Waals surface area contributed by atoms with Gasteiger partial charge in [0.15, 0.2) is 0 Å².